The zero-order valence-electron chi connectivity index (χ0n) is 13.7. The lowest BCUT2D eigenvalue weighted by atomic mass is 9.88. The molecule has 0 bridgehead atoms. The molecule has 1 fully saturated rings. The van der Waals surface area contributed by atoms with Crippen LogP contribution in [0.5, 0.6) is 0 Å². The molecule has 1 saturated carbocycles. The predicted molar refractivity (Wildman–Crippen MR) is 94.9 cm³/mol. The predicted octanol–water partition coefficient (Wildman–Crippen LogP) is 3.73. The maximum atomic E-state index is 12.6. The summed E-state index contributed by atoms with van der Waals surface area (Å²) in [5, 5.41) is 0. The molecule has 0 aromatic carbocycles. The lowest BCUT2D eigenvalue weighted by Gasteiger charge is -2.28. The van der Waals surface area contributed by atoms with E-state index in [1.54, 1.807) is 6.26 Å². The standard InChI is InChI=1S/C18H22BrN3O2/c19-13-8-14(24-11-13)9-22-7-6-16-15(10-22)18(23)21-17(20-16)12-4-2-1-3-5-12/h8,11-12H,1-7,9-10H2,(H,20,21,23). The molecule has 2 aromatic rings. The molecule has 5 nitrogen and oxygen atoms in total. The molecule has 4 rings (SSSR count). The zero-order chi connectivity index (χ0) is 16.5. The topological polar surface area (TPSA) is 62.1 Å². The number of nitrogens with zero attached hydrogens (tertiary/aromatic N) is 2. The van der Waals surface area contributed by atoms with Gasteiger partial charge in [-0.2, -0.15) is 0 Å². The lowest BCUT2D eigenvalue weighted by Crippen LogP contribution is -2.36. The second-order valence-electron chi connectivity index (χ2n) is 6.90. The van der Waals surface area contributed by atoms with Crippen molar-refractivity contribution in [3.8, 4) is 0 Å². The van der Waals surface area contributed by atoms with Crippen molar-refractivity contribution in [1.82, 2.24) is 14.9 Å². The van der Waals surface area contributed by atoms with Crippen LogP contribution in [0.4, 0.5) is 0 Å². The van der Waals surface area contributed by atoms with Crippen LogP contribution in [0, 0.1) is 0 Å². The van der Waals surface area contributed by atoms with Crippen LogP contribution in [0.3, 0.4) is 0 Å². The number of aromatic amines is 1. The molecular weight excluding hydrogens is 370 g/mol. The van der Waals surface area contributed by atoms with Gasteiger partial charge in [0.2, 0.25) is 0 Å². The van der Waals surface area contributed by atoms with Gasteiger partial charge >= 0.3 is 0 Å². The Morgan fingerprint density at radius 3 is 2.92 bits per heavy atom. The fourth-order valence-corrected chi connectivity index (χ4v) is 4.21. The fraction of sp³-hybridized carbons (Fsp3) is 0.556. The Morgan fingerprint density at radius 2 is 2.17 bits per heavy atom. The number of fused-ring (bicyclic) bond motifs is 1. The van der Waals surface area contributed by atoms with Gasteiger partial charge in [0.1, 0.15) is 17.8 Å². The molecular formula is C18H22BrN3O2. The third-order valence-electron chi connectivity index (χ3n) is 5.16. The van der Waals surface area contributed by atoms with Gasteiger partial charge in [-0.05, 0) is 34.8 Å². The molecule has 2 aliphatic rings. The minimum absolute atomic E-state index is 0.0471. The highest BCUT2D eigenvalue weighted by Crippen LogP contribution is 2.30. The molecule has 0 spiro atoms. The molecule has 1 aliphatic heterocycles. The summed E-state index contributed by atoms with van der Waals surface area (Å²) in [6.45, 7) is 2.27. The summed E-state index contributed by atoms with van der Waals surface area (Å²) in [5.41, 5.74) is 1.87. The molecule has 128 valence electrons. The minimum Gasteiger partial charge on any atom is -0.467 e. The Bertz CT molecular complexity index is 777. The zero-order valence-corrected chi connectivity index (χ0v) is 15.3. The van der Waals surface area contributed by atoms with Crippen molar-refractivity contribution >= 4 is 15.9 Å². The normalized spacial score (nSPS) is 19.4. The van der Waals surface area contributed by atoms with Crippen molar-refractivity contribution in [3.63, 3.8) is 0 Å². The van der Waals surface area contributed by atoms with E-state index in [1.807, 2.05) is 6.07 Å². The van der Waals surface area contributed by atoms with Gasteiger partial charge < -0.3 is 9.40 Å². The fourth-order valence-electron chi connectivity index (χ4n) is 3.86. The van der Waals surface area contributed by atoms with Crippen molar-refractivity contribution < 1.29 is 4.42 Å². The highest BCUT2D eigenvalue weighted by atomic mass is 79.9. The smallest absolute Gasteiger partial charge is 0.255 e. The van der Waals surface area contributed by atoms with Crippen LogP contribution >= 0.6 is 15.9 Å². The first kappa shape index (κ1) is 16.1. The lowest BCUT2D eigenvalue weighted by molar-refractivity contribution is 0.222. The summed E-state index contributed by atoms with van der Waals surface area (Å²) >= 11 is 3.40. The van der Waals surface area contributed by atoms with Gasteiger partial charge in [0, 0.05) is 25.4 Å². The van der Waals surface area contributed by atoms with E-state index in [0.717, 1.165) is 59.7 Å². The van der Waals surface area contributed by atoms with Crippen molar-refractivity contribution in [2.45, 2.75) is 57.5 Å². The van der Waals surface area contributed by atoms with Crippen molar-refractivity contribution in [1.29, 1.82) is 0 Å². The Labute approximate surface area is 149 Å². The Balaban J connectivity index is 1.52. The third-order valence-corrected chi connectivity index (χ3v) is 5.57. The monoisotopic (exact) mass is 391 g/mol. The van der Waals surface area contributed by atoms with Crippen LogP contribution in [0.15, 0.2) is 26.0 Å². The summed E-state index contributed by atoms with van der Waals surface area (Å²) in [6.07, 6.45) is 8.64. The van der Waals surface area contributed by atoms with E-state index >= 15 is 0 Å². The van der Waals surface area contributed by atoms with Gasteiger partial charge in [-0.1, -0.05) is 19.3 Å². The summed E-state index contributed by atoms with van der Waals surface area (Å²) in [4.78, 5) is 22.7. The van der Waals surface area contributed by atoms with E-state index in [0.29, 0.717) is 12.5 Å². The van der Waals surface area contributed by atoms with Crippen LogP contribution in [-0.4, -0.2) is 21.4 Å². The highest BCUT2D eigenvalue weighted by molar-refractivity contribution is 9.10. The van der Waals surface area contributed by atoms with Gasteiger partial charge in [0.05, 0.1) is 22.3 Å². The van der Waals surface area contributed by atoms with Crippen LogP contribution in [0.2, 0.25) is 0 Å². The maximum absolute atomic E-state index is 12.6. The number of nitrogens with one attached hydrogen (secondary N) is 1. The average molecular weight is 392 g/mol. The molecule has 0 radical (unpaired) electrons. The van der Waals surface area contributed by atoms with Crippen LogP contribution in [0.25, 0.3) is 0 Å². The molecule has 0 saturated heterocycles. The molecule has 24 heavy (non-hydrogen) atoms. The van der Waals surface area contributed by atoms with E-state index in [9.17, 15) is 4.79 Å². The minimum atomic E-state index is 0.0471. The van der Waals surface area contributed by atoms with E-state index in [-0.39, 0.29) is 5.56 Å². The molecule has 0 unspecified atom stereocenters. The van der Waals surface area contributed by atoms with Crippen LogP contribution in [-0.2, 0) is 19.5 Å². The highest BCUT2D eigenvalue weighted by Gasteiger charge is 2.24. The maximum Gasteiger partial charge on any atom is 0.255 e. The second kappa shape index (κ2) is 6.84. The van der Waals surface area contributed by atoms with Gasteiger partial charge in [0.25, 0.3) is 5.56 Å². The summed E-state index contributed by atoms with van der Waals surface area (Å²) in [7, 11) is 0. The molecule has 0 amide bonds. The first-order valence-electron chi connectivity index (χ1n) is 8.76. The SMILES string of the molecule is O=c1[nH]c(C2CCCCC2)nc2c1CN(Cc1cc(Br)co1)CC2. The van der Waals surface area contributed by atoms with Gasteiger partial charge in [-0.3, -0.25) is 9.69 Å². The molecule has 0 atom stereocenters. The number of hydrogen-bond donors (Lipinski definition) is 1. The molecule has 3 heterocycles. The van der Waals surface area contributed by atoms with Crippen molar-refractivity contribution in [2.24, 2.45) is 0 Å². The average Bonchev–Trinajstić information content (AvgIpc) is 3.01. The van der Waals surface area contributed by atoms with Crippen molar-refractivity contribution in [3.05, 3.63) is 50.0 Å². The first-order valence-corrected chi connectivity index (χ1v) is 9.55. The summed E-state index contributed by atoms with van der Waals surface area (Å²) in [5.74, 6) is 2.27. The van der Waals surface area contributed by atoms with E-state index in [2.05, 4.69) is 25.8 Å². The van der Waals surface area contributed by atoms with Gasteiger partial charge in [0.15, 0.2) is 0 Å². The largest absolute Gasteiger partial charge is 0.467 e. The third kappa shape index (κ3) is 3.35. The molecule has 2 aromatic heterocycles. The first-order chi connectivity index (χ1) is 11.7. The molecule has 1 N–H and O–H groups in total. The number of halogens is 1. The van der Waals surface area contributed by atoms with E-state index in [1.165, 1.54) is 19.3 Å². The number of rotatable bonds is 3. The quantitative estimate of drug-likeness (QED) is 0.865. The summed E-state index contributed by atoms with van der Waals surface area (Å²) < 4.78 is 6.44. The van der Waals surface area contributed by atoms with Crippen molar-refractivity contribution in [2.75, 3.05) is 6.54 Å². The molecule has 1 aliphatic carbocycles. The number of H-pyrrole nitrogens is 1. The van der Waals surface area contributed by atoms with Gasteiger partial charge in [-0.25, -0.2) is 4.98 Å². The number of aromatic nitrogens is 2. The second-order valence-corrected chi connectivity index (χ2v) is 7.82. The van der Waals surface area contributed by atoms with E-state index in [4.69, 9.17) is 9.40 Å². The van der Waals surface area contributed by atoms with Gasteiger partial charge in [-0.15, -0.1) is 0 Å². The van der Waals surface area contributed by atoms with Crippen LogP contribution in [0.1, 0.15) is 60.9 Å². The molecule has 6 heteroatoms. The van der Waals surface area contributed by atoms with Crippen LogP contribution < -0.4 is 5.56 Å². The Hall–Kier alpha value is -1.40. The van der Waals surface area contributed by atoms with E-state index < -0.39 is 0 Å². The Kier molecular flexibility index (Phi) is 4.59. The summed E-state index contributed by atoms with van der Waals surface area (Å²) in [6, 6.07) is 1.98. The number of hydrogen-bond acceptors (Lipinski definition) is 4. The number of furan rings is 1. The Morgan fingerprint density at radius 1 is 1.33 bits per heavy atom.